The van der Waals surface area contributed by atoms with Crippen molar-refractivity contribution in [3.05, 3.63) is 95.2 Å². The molecule has 0 aliphatic carbocycles. The Hall–Kier alpha value is -4.38. The molecular weight excluding hydrogens is 445 g/mol. The van der Waals surface area contributed by atoms with Gasteiger partial charge in [0.15, 0.2) is 0 Å². The number of aliphatic carboxylic acids is 1. The van der Waals surface area contributed by atoms with Gasteiger partial charge >= 0.3 is 12.1 Å². The lowest BCUT2D eigenvalue weighted by Crippen LogP contribution is -2.07. The molecule has 34 heavy (non-hydrogen) atoms. The van der Waals surface area contributed by atoms with Crippen LogP contribution in [0, 0.1) is 11.3 Å². The highest BCUT2D eigenvalue weighted by atomic mass is 19.4. The third-order valence-electron chi connectivity index (χ3n) is 5.23. The predicted octanol–water partition coefficient (Wildman–Crippen LogP) is 6.00. The average Bonchev–Trinajstić information content (AvgIpc) is 2.81. The smallest absolute Gasteiger partial charge is 0.418 e. The molecule has 1 aromatic heterocycles. The van der Waals surface area contributed by atoms with Gasteiger partial charge in [0.05, 0.1) is 23.1 Å². The number of nitrogens with zero attached hydrogens (tertiary/aromatic N) is 2. The summed E-state index contributed by atoms with van der Waals surface area (Å²) in [5.41, 5.74) is 1.43. The molecule has 0 amide bonds. The second-order valence-corrected chi connectivity index (χ2v) is 7.56. The Kier molecular flexibility index (Phi) is 6.19. The lowest BCUT2D eigenvalue weighted by atomic mass is 9.95. The van der Waals surface area contributed by atoms with Crippen LogP contribution in [0.2, 0.25) is 0 Å². The first-order chi connectivity index (χ1) is 16.3. The number of nitriles is 1. The van der Waals surface area contributed by atoms with Crippen LogP contribution in [0.3, 0.4) is 0 Å². The van der Waals surface area contributed by atoms with Crippen molar-refractivity contribution in [2.75, 3.05) is 0 Å². The summed E-state index contributed by atoms with van der Waals surface area (Å²) in [6.07, 6.45) is -3.50. The molecule has 4 rings (SSSR count). The van der Waals surface area contributed by atoms with Crippen LogP contribution >= 0.6 is 0 Å². The Labute approximate surface area is 192 Å². The fraction of sp³-hybridized carbons (Fsp3) is 0.115. The molecule has 1 heterocycles. The Morgan fingerprint density at radius 1 is 1.03 bits per heavy atom. The highest BCUT2D eigenvalue weighted by Gasteiger charge is 2.33. The lowest BCUT2D eigenvalue weighted by molar-refractivity contribution is -0.137. The van der Waals surface area contributed by atoms with Gasteiger partial charge in [-0.2, -0.15) is 18.4 Å². The summed E-state index contributed by atoms with van der Waals surface area (Å²) in [7, 11) is 0. The number of rotatable bonds is 6. The molecule has 4 aromatic rings. The first kappa shape index (κ1) is 22.8. The molecule has 0 unspecified atom stereocenters. The number of hydrogen-bond donors (Lipinski definition) is 1. The van der Waals surface area contributed by atoms with E-state index in [-0.39, 0.29) is 29.5 Å². The molecule has 0 aliphatic heterocycles. The molecule has 0 saturated carbocycles. The van der Waals surface area contributed by atoms with E-state index in [4.69, 9.17) is 9.84 Å². The van der Waals surface area contributed by atoms with Crippen molar-refractivity contribution >= 4 is 16.9 Å². The Balaban J connectivity index is 1.67. The van der Waals surface area contributed by atoms with Gasteiger partial charge in [0.2, 0.25) is 0 Å². The molecule has 0 bridgehead atoms. The number of halogens is 3. The first-order valence-electron chi connectivity index (χ1n) is 10.2. The number of alkyl halides is 3. The van der Waals surface area contributed by atoms with Crippen LogP contribution < -0.4 is 4.74 Å². The molecule has 3 aromatic carbocycles. The second-order valence-electron chi connectivity index (χ2n) is 7.56. The summed E-state index contributed by atoms with van der Waals surface area (Å²) in [4.78, 5) is 14.7. The minimum atomic E-state index is -4.58. The van der Waals surface area contributed by atoms with Crippen molar-refractivity contribution < 1.29 is 27.8 Å². The van der Waals surface area contributed by atoms with Gasteiger partial charge in [0.25, 0.3) is 0 Å². The van der Waals surface area contributed by atoms with E-state index in [2.05, 4.69) is 4.98 Å². The minimum Gasteiger partial charge on any atom is -0.489 e. The molecular formula is C26H17F3N2O3. The van der Waals surface area contributed by atoms with Gasteiger partial charge in [-0.05, 0) is 34.9 Å². The van der Waals surface area contributed by atoms with Gasteiger partial charge in [0.1, 0.15) is 18.4 Å². The van der Waals surface area contributed by atoms with E-state index in [0.29, 0.717) is 22.4 Å². The van der Waals surface area contributed by atoms with E-state index < -0.39 is 17.7 Å². The van der Waals surface area contributed by atoms with Crippen molar-refractivity contribution in [1.82, 2.24) is 4.98 Å². The summed E-state index contributed by atoms with van der Waals surface area (Å²) in [5, 5.41) is 18.7. The highest BCUT2D eigenvalue weighted by Crippen LogP contribution is 2.38. The fourth-order valence-electron chi connectivity index (χ4n) is 3.68. The van der Waals surface area contributed by atoms with Crippen LogP contribution in [0.25, 0.3) is 22.0 Å². The number of carboxylic acid groups (broad SMARTS) is 1. The van der Waals surface area contributed by atoms with Crippen molar-refractivity contribution in [2.24, 2.45) is 0 Å². The van der Waals surface area contributed by atoms with E-state index in [9.17, 15) is 23.2 Å². The van der Waals surface area contributed by atoms with Crippen molar-refractivity contribution in [2.45, 2.75) is 19.2 Å². The van der Waals surface area contributed by atoms with Crippen LogP contribution in [-0.4, -0.2) is 16.1 Å². The second kappa shape index (κ2) is 9.24. The number of carboxylic acids is 1. The number of aromatic nitrogens is 1. The minimum absolute atomic E-state index is 0.0691. The third kappa shape index (κ3) is 4.84. The Morgan fingerprint density at radius 3 is 2.41 bits per heavy atom. The fourth-order valence-corrected chi connectivity index (χ4v) is 3.68. The van der Waals surface area contributed by atoms with Crippen molar-refractivity contribution in [1.29, 1.82) is 5.26 Å². The zero-order valence-corrected chi connectivity index (χ0v) is 17.6. The third-order valence-corrected chi connectivity index (χ3v) is 5.23. The normalized spacial score (nSPS) is 11.2. The molecule has 8 heteroatoms. The lowest BCUT2D eigenvalue weighted by Gasteiger charge is -2.14. The number of ether oxygens (including phenoxy) is 1. The summed E-state index contributed by atoms with van der Waals surface area (Å²) in [6, 6.07) is 19.5. The maximum atomic E-state index is 13.5. The molecule has 1 N–H and O–H groups in total. The SMILES string of the molecule is N#Cc1cnc2c(C(F)(F)F)cccc2c1-c1cccc(OCc2ccc(CC(=O)O)cc2)c1. The van der Waals surface area contributed by atoms with Crippen LogP contribution in [0.15, 0.2) is 72.9 Å². The van der Waals surface area contributed by atoms with Crippen LogP contribution in [-0.2, 0) is 24.0 Å². The van der Waals surface area contributed by atoms with Gasteiger partial charge in [-0.1, -0.05) is 48.5 Å². The van der Waals surface area contributed by atoms with Crippen molar-refractivity contribution in [3.8, 4) is 22.9 Å². The quantitative estimate of drug-likeness (QED) is 0.380. The summed E-state index contributed by atoms with van der Waals surface area (Å²) < 4.78 is 46.3. The maximum absolute atomic E-state index is 13.5. The standard InChI is InChI=1S/C26H17F3N2O3/c27-26(28,29)22-6-2-5-21-24(19(13-30)14-31-25(21)22)18-3-1-4-20(12-18)34-15-17-9-7-16(8-10-17)11-23(32)33/h1-10,12,14H,11,15H2,(H,32,33). The topological polar surface area (TPSA) is 83.2 Å². The Bertz CT molecular complexity index is 1410. The molecule has 0 aliphatic rings. The molecule has 0 saturated heterocycles. The molecule has 0 fully saturated rings. The monoisotopic (exact) mass is 462 g/mol. The number of pyridine rings is 1. The first-order valence-corrected chi connectivity index (χ1v) is 10.2. The zero-order valence-electron chi connectivity index (χ0n) is 17.6. The summed E-state index contributed by atoms with van der Waals surface area (Å²) in [5.74, 6) is -0.448. The number of fused-ring (bicyclic) bond motifs is 1. The largest absolute Gasteiger partial charge is 0.489 e. The van der Waals surface area contributed by atoms with E-state index in [0.717, 1.165) is 17.8 Å². The van der Waals surface area contributed by atoms with E-state index in [1.165, 1.54) is 12.1 Å². The van der Waals surface area contributed by atoms with Crippen molar-refractivity contribution in [3.63, 3.8) is 0 Å². The van der Waals surface area contributed by atoms with E-state index >= 15 is 0 Å². The predicted molar refractivity (Wildman–Crippen MR) is 119 cm³/mol. The molecule has 0 spiro atoms. The van der Waals surface area contributed by atoms with E-state index in [1.807, 2.05) is 6.07 Å². The number of carbonyl (C=O) groups is 1. The molecule has 0 radical (unpaired) electrons. The highest BCUT2D eigenvalue weighted by molar-refractivity contribution is 5.98. The van der Waals surface area contributed by atoms with Crippen LogP contribution in [0.4, 0.5) is 13.2 Å². The average molecular weight is 462 g/mol. The molecule has 170 valence electrons. The maximum Gasteiger partial charge on any atom is 0.418 e. The number of para-hydroxylation sites is 1. The summed E-state index contributed by atoms with van der Waals surface area (Å²) >= 11 is 0. The van der Waals surface area contributed by atoms with Gasteiger partial charge in [-0.25, -0.2) is 0 Å². The Morgan fingerprint density at radius 2 is 1.74 bits per heavy atom. The molecule has 0 atom stereocenters. The van der Waals surface area contributed by atoms with Gasteiger partial charge < -0.3 is 9.84 Å². The molecule has 5 nitrogen and oxygen atoms in total. The van der Waals surface area contributed by atoms with Crippen LogP contribution in [0.5, 0.6) is 5.75 Å². The summed E-state index contributed by atoms with van der Waals surface area (Å²) in [6.45, 7) is 0.206. The number of benzene rings is 3. The van der Waals surface area contributed by atoms with Crippen LogP contribution in [0.1, 0.15) is 22.3 Å². The van der Waals surface area contributed by atoms with Gasteiger partial charge in [0, 0.05) is 17.1 Å². The van der Waals surface area contributed by atoms with Gasteiger partial charge in [-0.3, -0.25) is 9.78 Å². The van der Waals surface area contributed by atoms with Gasteiger partial charge in [-0.15, -0.1) is 0 Å². The van der Waals surface area contributed by atoms with E-state index in [1.54, 1.807) is 48.5 Å². The number of hydrogen-bond acceptors (Lipinski definition) is 4. The zero-order chi connectivity index (χ0) is 24.3.